The van der Waals surface area contributed by atoms with E-state index in [0.29, 0.717) is 15.8 Å². The number of nitrogens with one attached hydrogen (secondary N) is 2. The van der Waals surface area contributed by atoms with Gasteiger partial charge in [0.1, 0.15) is 11.6 Å². The zero-order chi connectivity index (χ0) is 16.1. The second-order valence-corrected chi connectivity index (χ2v) is 5.56. The highest BCUT2D eigenvalue weighted by Gasteiger charge is 2.13. The van der Waals surface area contributed by atoms with Gasteiger partial charge in [-0.15, -0.1) is 0 Å². The van der Waals surface area contributed by atoms with E-state index in [1.807, 2.05) is 0 Å². The standard InChI is InChI=1S/C15H12BrFN2O2S/c1-21-13-5-3-2-4-10(13)14(20)19-15(22)18-12-7-6-9(16)8-11(12)17/h2-8H,1H3,(H2,18,19,20,22). The van der Waals surface area contributed by atoms with Gasteiger partial charge in [0.05, 0.1) is 18.4 Å². The number of hydrogen-bond acceptors (Lipinski definition) is 3. The van der Waals surface area contributed by atoms with Gasteiger partial charge < -0.3 is 10.1 Å². The summed E-state index contributed by atoms with van der Waals surface area (Å²) in [6.07, 6.45) is 0. The number of halogens is 2. The maximum Gasteiger partial charge on any atom is 0.261 e. The van der Waals surface area contributed by atoms with Crippen LogP contribution in [0.3, 0.4) is 0 Å². The Morgan fingerprint density at radius 1 is 1.27 bits per heavy atom. The Morgan fingerprint density at radius 3 is 2.68 bits per heavy atom. The fourth-order valence-electron chi connectivity index (χ4n) is 1.75. The number of rotatable bonds is 3. The van der Waals surface area contributed by atoms with Crippen molar-refractivity contribution in [1.29, 1.82) is 0 Å². The molecule has 0 fully saturated rings. The van der Waals surface area contributed by atoms with Crippen LogP contribution in [0.2, 0.25) is 0 Å². The zero-order valence-corrected chi connectivity index (χ0v) is 13.9. The number of hydrogen-bond donors (Lipinski definition) is 2. The van der Waals surface area contributed by atoms with Gasteiger partial charge in [0.15, 0.2) is 5.11 Å². The fourth-order valence-corrected chi connectivity index (χ4v) is 2.28. The topological polar surface area (TPSA) is 50.4 Å². The summed E-state index contributed by atoms with van der Waals surface area (Å²) >= 11 is 8.19. The molecule has 0 bridgehead atoms. The number of benzene rings is 2. The molecule has 0 atom stereocenters. The van der Waals surface area contributed by atoms with Crippen molar-refractivity contribution in [2.45, 2.75) is 0 Å². The first-order valence-corrected chi connectivity index (χ1v) is 7.42. The van der Waals surface area contributed by atoms with Gasteiger partial charge >= 0.3 is 0 Å². The molecule has 0 aromatic heterocycles. The van der Waals surface area contributed by atoms with E-state index in [2.05, 4.69) is 26.6 Å². The van der Waals surface area contributed by atoms with Crippen LogP contribution in [0.5, 0.6) is 5.75 Å². The summed E-state index contributed by atoms with van der Waals surface area (Å²) in [5.41, 5.74) is 0.513. The highest BCUT2D eigenvalue weighted by molar-refractivity contribution is 9.10. The van der Waals surface area contributed by atoms with Crippen molar-refractivity contribution in [3.8, 4) is 5.75 Å². The molecule has 2 aromatic rings. The molecule has 2 aromatic carbocycles. The van der Waals surface area contributed by atoms with E-state index in [4.69, 9.17) is 17.0 Å². The predicted octanol–water partition coefficient (Wildman–Crippen LogP) is 3.72. The van der Waals surface area contributed by atoms with Crippen molar-refractivity contribution in [2.75, 3.05) is 12.4 Å². The molecule has 0 heterocycles. The normalized spacial score (nSPS) is 9.95. The molecule has 22 heavy (non-hydrogen) atoms. The number of amides is 1. The first-order chi connectivity index (χ1) is 10.5. The number of anilines is 1. The Morgan fingerprint density at radius 2 is 2.00 bits per heavy atom. The largest absolute Gasteiger partial charge is 0.496 e. The highest BCUT2D eigenvalue weighted by atomic mass is 79.9. The molecule has 0 radical (unpaired) electrons. The molecule has 4 nitrogen and oxygen atoms in total. The van der Waals surface area contributed by atoms with Gasteiger partial charge in [-0.3, -0.25) is 10.1 Å². The van der Waals surface area contributed by atoms with E-state index in [-0.39, 0.29) is 10.8 Å². The predicted molar refractivity (Wildman–Crippen MR) is 90.8 cm³/mol. The van der Waals surface area contributed by atoms with Gasteiger partial charge in [0, 0.05) is 4.47 Å². The van der Waals surface area contributed by atoms with Crippen LogP contribution in [-0.4, -0.2) is 18.1 Å². The van der Waals surface area contributed by atoms with Crippen molar-refractivity contribution >= 4 is 44.9 Å². The Kier molecular flexibility index (Phi) is 5.46. The molecule has 7 heteroatoms. The Bertz CT molecular complexity index is 724. The number of carbonyl (C=O) groups excluding carboxylic acids is 1. The second-order valence-electron chi connectivity index (χ2n) is 4.23. The summed E-state index contributed by atoms with van der Waals surface area (Å²) in [6.45, 7) is 0. The summed E-state index contributed by atoms with van der Waals surface area (Å²) in [5.74, 6) is -0.492. The molecule has 0 aliphatic carbocycles. The maximum absolute atomic E-state index is 13.7. The van der Waals surface area contributed by atoms with Crippen LogP contribution in [0.25, 0.3) is 0 Å². The number of methoxy groups -OCH3 is 1. The van der Waals surface area contributed by atoms with Gasteiger partial charge in [0.25, 0.3) is 5.91 Å². The van der Waals surface area contributed by atoms with Crippen molar-refractivity contribution < 1.29 is 13.9 Å². The molecule has 0 aliphatic rings. The number of para-hydroxylation sites is 1. The maximum atomic E-state index is 13.7. The average Bonchev–Trinajstić information content (AvgIpc) is 2.50. The van der Waals surface area contributed by atoms with Gasteiger partial charge in [-0.2, -0.15) is 0 Å². The Hall–Kier alpha value is -1.99. The van der Waals surface area contributed by atoms with Crippen molar-refractivity contribution in [3.05, 3.63) is 58.3 Å². The summed E-state index contributed by atoms with van der Waals surface area (Å²) < 4.78 is 19.4. The molecule has 114 valence electrons. The molecule has 2 N–H and O–H groups in total. The van der Waals surface area contributed by atoms with Crippen molar-refractivity contribution in [1.82, 2.24) is 5.32 Å². The van der Waals surface area contributed by atoms with Crippen LogP contribution in [0.4, 0.5) is 10.1 Å². The monoisotopic (exact) mass is 382 g/mol. The minimum Gasteiger partial charge on any atom is -0.496 e. The van der Waals surface area contributed by atoms with Crippen LogP contribution in [0, 0.1) is 5.82 Å². The second kappa shape index (κ2) is 7.33. The minimum absolute atomic E-state index is 0.00266. The van der Waals surface area contributed by atoms with Crippen LogP contribution in [0.15, 0.2) is 46.9 Å². The van der Waals surface area contributed by atoms with Crippen LogP contribution in [-0.2, 0) is 0 Å². The average molecular weight is 383 g/mol. The lowest BCUT2D eigenvalue weighted by Crippen LogP contribution is -2.34. The van der Waals surface area contributed by atoms with Crippen LogP contribution >= 0.6 is 28.1 Å². The number of carbonyl (C=O) groups is 1. The molecule has 0 saturated carbocycles. The Balaban J connectivity index is 2.07. The lowest BCUT2D eigenvalue weighted by atomic mass is 10.2. The highest BCUT2D eigenvalue weighted by Crippen LogP contribution is 2.20. The molecule has 2 rings (SSSR count). The third-order valence-corrected chi connectivity index (χ3v) is 3.46. The summed E-state index contributed by atoms with van der Waals surface area (Å²) in [5, 5.41) is 5.12. The van der Waals surface area contributed by atoms with Crippen LogP contribution in [0.1, 0.15) is 10.4 Å². The van der Waals surface area contributed by atoms with E-state index >= 15 is 0 Å². The quantitative estimate of drug-likeness (QED) is 0.794. The van der Waals surface area contributed by atoms with Crippen LogP contribution < -0.4 is 15.4 Å². The summed E-state index contributed by atoms with van der Waals surface area (Å²) in [4.78, 5) is 12.1. The lowest BCUT2D eigenvalue weighted by molar-refractivity contribution is 0.0975. The van der Waals surface area contributed by atoms with Gasteiger partial charge in [-0.1, -0.05) is 28.1 Å². The third kappa shape index (κ3) is 4.02. The molecule has 1 amide bonds. The molecule has 0 unspecified atom stereocenters. The van der Waals surface area contributed by atoms with Gasteiger partial charge in [0.2, 0.25) is 0 Å². The molecule has 0 spiro atoms. The lowest BCUT2D eigenvalue weighted by Gasteiger charge is -2.12. The third-order valence-electron chi connectivity index (χ3n) is 2.76. The molecular weight excluding hydrogens is 371 g/mol. The van der Waals surface area contributed by atoms with E-state index in [1.54, 1.807) is 30.3 Å². The summed E-state index contributed by atoms with van der Waals surface area (Å²) in [6, 6.07) is 11.2. The van der Waals surface area contributed by atoms with Crippen molar-refractivity contribution in [2.24, 2.45) is 0 Å². The summed E-state index contributed by atoms with van der Waals surface area (Å²) in [7, 11) is 1.47. The number of ether oxygens (including phenoxy) is 1. The van der Waals surface area contributed by atoms with E-state index < -0.39 is 11.7 Å². The van der Waals surface area contributed by atoms with E-state index in [9.17, 15) is 9.18 Å². The SMILES string of the molecule is COc1ccccc1C(=O)NC(=S)Nc1ccc(Br)cc1F. The molecule has 0 aliphatic heterocycles. The van der Waals surface area contributed by atoms with E-state index in [0.717, 1.165) is 0 Å². The smallest absolute Gasteiger partial charge is 0.261 e. The molecular formula is C15H12BrFN2O2S. The fraction of sp³-hybridized carbons (Fsp3) is 0.0667. The first kappa shape index (κ1) is 16.4. The minimum atomic E-state index is -0.483. The van der Waals surface area contributed by atoms with Gasteiger partial charge in [-0.25, -0.2) is 4.39 Å². The molecule has 0 saturated heterocycles. The van der Waals surface area contributed by atoms with Crippen molar-refractivity contribution in [3.63, 3.8) is 0 Å². The van der Waals surface area contributed by atoms with E-state index in [1.165, 1.54) is 19.2 Å². The number of thiocarbonyl (C=S) groups is 1. The Labute approximate surface area is 140 Å². The zero-order valence-electron chi connectivity index (χ0n) is 11.5. The first-order valence-electron chi connectivity index (χ1n) is 6.21. The van der Waals surface area contributed by atoms with Gasteiger partial charge in [-0.05, 0) is 42.5 Å².